The summed E-state index contributed by atoms with van der Waals surface area (Å²) in [7, 11) is 0. The van der Waals surface area contributed by atoms with Gasteiger partial charge in [-0.15, -0.1) is 0 Å². The van der Waals surface area contributed by atoms with Gasteiger partial charge in [0.25, 0.3) is 5.91 Å². The van der Waals surface area contributed by atoms with Crippen LogP contribution in [0.25, 0.3) is 0 Å². The fourth-order valence-corrected chi connectivity index (χ4v) is 3.46. The van der Waals surface area contributed by atoms with Crippen molar-refractivity contribution in [3.63, 3.8) is 0 Å². The van der Waals surface area contributed by atoms with Crippen LogP contribution >= 0.6 is 0 Å². The molecule has 0 bridgehead atoms. The maximum atomic E-state index is 13.4. The third-order valence-corrected chi connectivity index (χ3v) is 4.76. The average Bonchev–Trinajstić information content (AvgIpc) is 3.20. The largest absolute Gasteiger partial charge is 0.454 e. The number of fused-ring (bicyclic) bond motifs is 1. The van der Waals surface area contributed by atoms with Crippen molar-refractivity contribution in [2.75, 3.05) is 13.3 Å². The van der Waals surface area contributed by atoms with Gasteiger partial charge in [0.2, 0.25) is 6.79 Å². The second-order valence-corrected chi connectivity index (χ2v) is 6.38. The molecule has 136 valence electrons. The summed E-state index contributed by atoms with van der Waals surface area (Å²) in [4.78, 5) is 15.3. The minimum Gasteiger partial charge on any atom is -0.454 e. The molecule has 1 amide bonds. The Balaban J connectivity index is 1.74. The monoisotopic (exact) mass is 359 g/mol. The van der Waals surface area contributed by atoms with E-state index in [0.29, 0.717) is 23.6 Å². The van der Waals surface area contributed by atoms with Crippen molar-refractivity contribution in [1.82, 2.24) is 4.90 Å². The summed E-state index contributed by atoms with van der Waals surface area (Å²) in [5.41, 5.74) is 2.76. The van der Waals surface area contributed by atoms with Gasteiger partial charge in [0.1, 0.15) is 0 Å². The zero-order chi connectivity index (χ0) is 18.6. The number of nitrogens with zero attached hydrogens (tertiary/aromatic N) is 1. The van der Waals surface area contributed by atoms with Gasteiger partial charge in [-0.1, -0.05) is 60.7 Å². The number of benzene rings is 3. The minimum atomic E-state index is -0.157. The Kier molecular flexibility index (Phi) is 4.79. The van der Waals surface area contributed by atoms with Gasteiger partial charge >= 0.3 is 0 Å². The van der Waals surface area contributed by atoms with E-state index in [9.17, 15) is 4.79 Å². The summed E-state index contributed by atoms with van der Waals surface area (Å²) in [6.45, 7) is 2.78. The molecule has 0 N–H and O–H groups in total. The summed E-state index contributed by atoms with van der Waals surface area (Å²) >= 11 is 0. The number of ether oxygens (including phenoxy) is 2. The number of rotatable bonds is 5. The van der Waals surface area contributed by atoms with E-state index in [0.717, 1.165) is 11.1 Å². The van der Waals surface area contributed by atoms with Gasteiger partial charge in [-0.25, -0.2) is 0 Å². The molecule has 27 heavy (non-hydrogen) atoms. The van der Waals surface area contributed by atoms with Crippen LogP contribution in [0.15, 0.2) is 78.9 Å². The third kappa shape index (κ3) is 3.38. The molecule has 0 aromatic heterocycles. The first-order valence-electron chi connectivity index (χ1n) is 9.08. The Bertz CT molecular complexity index is 885. The lowest BCUT2D eigenvalue weighted by molar-refractivity contribution is 0.0716. The molecule has 1 aliphatic heterocycles. The van der Waals surface area contributed by atoms with Crippen LogP contribution < -0.4 is 9.47 Å². The van der Waals surface area contributed by atoms with Crippen molar-refractivity contribution in [3.05, 3.63) is 95.6 Å². The maximum Gasteiger partial charge on any atom is 0.254 e. The summed E-state index contributed by atoms with van der Waals surface area (Å²) < 4.78 is 10.8. The maximum absolute atomic E-state index is 13.4. The molecule has 0 spiro atoms. The van der Waals surface area contributed by atoms with Gasteiger partial charge in [-0.3, -0.25) is 4.79 Å². The zero-order valence-electron chi connectivity index (χ0n) is 15.2. The molecule has 0 fully saturated rings. The normalized spacial score (nSPS) is 12.2. The number of hydrogen-bond acceptors (Lipinski definition) is 3. The molecule has 0 aliphatic carbocycles. The molecule has 0 saturated carbocycles. The molecule has 0 radical (unpaired) electrons. The summed E-state index contributed by atoms with van der Waals surface area (Å²) in [5, 5.41) is 0. The fourth-order valence-electron chi connectivity index (χ4n) is 3.46. The molecule has 4 heteroatoms. The Labute approximate surface area is 159 Å². The first-order chi connectivity index (χ1) is 13.3. The van der Waals surface area contributed by atoms with Crippen LogP contribution in [0.2, 0.25) is 0 Å². The van der Waals surface area contributed by atoms with Crippen LogP contribution in [0.1, 0.15) is 34.5 Å². The fraction of sp³-hybridized carbons (Fsp3) is 0.174. The molecular weight excluding hydrogens is 338 g/mol. The van der Waals surface area contributed by atoms with E-state index >= 15 is 0 Å². The van der Waals surface area contributed by atoms with E-state index in [1.165, 1.54) is 0 Å². The molecule has 0 saturated heterocycles. The van der Waals surface area contributed by atoms with Crippen LogP contribution in [0.5, 0.6) is 11.5 Å². The Morgan fingerprint density at radius 1 is 0.889 bits per heavy atom. The number of carbonyl (C=O) groups excluding carboxylic acids is 1. The standard InChI is InChI=1S/C23H21NO3/c1-2-24(23(25)19-13-14-20-21(15-19)27-16-26-20)22(17-9-5-3-6-10-17)18-11-7-4-8-12-18/h3-15,22H,2,16H2,1H3. The van der Waals surface area contributed by atoms with Gasteiger partial charge in [0.05, 0.1) is 6.04 Å². The van der Waals surface area contributed by atoms with Gasteiger partial charge in [-0.2, -0.15) is 0 Å². The Morgan fingerprint density at radius 3 is 2.07 bits per heavy atom. The van der Waals surface area contributed by atoms with Crippen LogP contribution in [-0.2, 0) is 0 Å². The topological polar surface area (TPSA) is 38.8 Å². The van der Waals surface area contributed by atoms with Crippen molar-refractivity contribution in [3.8, 4) is 11.5 Å². The third-order valence-electron chi connectivity index (χ3n) is 4.76. The van der Waals surface area contributed by atoms with E-state index in [-0.39, 0.29) is 18.7 Å². The molecule has 0 atom stereocenters. The van der Waals surface area contributed by atoms with Crippen molar-refractivity contribution < 1.29 is 14.3 Å². The van der Waals surface area contributed by atoms with Gasteiger partial charge < -0.3 is 14.4 Å². The molecule has 0 unspecified atom stereocenters. The van der Waals surface area contributed by atoms with Gasteiger partial charge in [-0.05, 0) is 36.2 Å². The highest BCUT2D eigenvalue weighted by Gasteiger charge is 2.27. The molecule has 3 aromatic rings. The molecule has 1 aliphatic rings. The lowest BCUT2D eigenvalue weighted by Crippen LogP contribution is -2.35. The molecular formula is C23H21NO3. The van der Waals surface area contributed by atoms with Crippen molar-refractivity contribution in [2.24, 2.45) is 0 Å². The zero-order valence-corrected chi connectivity index (χ0v) is 15.2. The number of amides is 1. The molecule has 4 nitrogen and oxygen atoms in total. The highest BCUT2D eigenvalue weighted by Crippen LogP contribution is 2.35. The SMILES string of the molecule is CCN(C(=O)c1ccc2c(c1)OCO2)C(c1ccccc1)c1ccccc1. The van der Waals surface area contributed by atoms with Crippen molar-refractivity contribution in [1.29, 1.82) is 0 Å². The van der Waals surface area contributed by atoms with Crippen LogP contribution in [0.3, 0.4) is 0 Å². The molecule has 1 heterocycles. The van der Waals surface area contributed by atoms with E-state index in [1.54, 1.807) is 18.2 Å². The number of carbonyl (C=O) groups is 1. The summed E-state index contributed by atoms with van der Waals surface area (Å²) in [6.07, 6.45) is 0. The van der Waals surface area contributed by atoms with Crippen LogP contribution in [0.4, 0.5) is 0 Å². The highest BCUT2D eigenvalue weighted by atomic mass is 16.7. The lowest BCUT2D eigenvalue weighted by atomic mass is 9.96. The molecule has 3 aromatic carbocycles. The van der Waals surface area contributed by atoms with E-state index in [1.807, 2.05) is 48.2 Å². The molecule has 4 rings (SSSR count). The predicted octanol–water partition coefficient (Wildman–Crippen LogP) is 4.67. The second kappa shape index (κ2) is 7.54. The van der Waals surface area contributed by atoms with Gasteiger partial charge in [0, 0.05) is 12.1 Å². The Morgan fingerprint density at radius 2 is 1.48 bits per heavy atom. The smallest absolute Gasteiger partial charge is 0.254 e. The number of hydrogen-bond donors (Lipinski definition) is 0. The van der Waals surface area contributed by atoms with E-state index in [4.69, 9.17) is 9.47 Å². The highest BCUT2D eigenvalue weighted by molar-refractivity contribution is 5.95. The summed E-state index contributed by atoms with van der Waals surface area (Å²) in [6, 6.07) is 25.4. The minimum absolute atomic E-state index is 0.0338. The van der Waals surface area contributed by atoms with Crippen LogP contribution in [-0.4, -0.2) is 24.1 Å². The van der Waals surface area contributed by atoms with E-state index in [2.05, 4.69) is 24.3 Å². The second-order valence-electron chi connectivity index (χ2n) is 6.38. The Hall–Kier alpha value is -3.27. The van der Waals surface area contributed by atoms with Gasteiger partial charge in [0.15, 0.2) is 11.5 Å². The van der Waals surface area contributed by atoms with Crippen LogP contribution in [0, 0.1) is 0 Å². The lowest BCUT2D eigenvalue weighted by Gasteiger charge is -2.32. The predicted molar refractivity (Wildman–Crippen MR) is 104 cm³/mol. The first-order valence-corrected chi connectivity index (χ1v) is 9.08. The van der Waals surface area contributed by atoms with Crippen molar-refractivity contribution in [2.45, 2.75) is 13.0 Å². The van der Waals surface area contributed by atoms with Crippen molar-refractivity contribution >= 4 is 5.91 Å². The van der Waals surface area contributed by atoms with E-state index < -0.39 is 0 Å². The average molecular weight is 359 g/mol. The first kappa shape index (κ1) is 17.2. The summed E-state index contributed by atoms with van der Waals surface area (Å²) in [5.74, 6) is 1.26. The quantitative estimate of drug-likeness (QED) is 0.665.